The van der Waals surface area contributed by atoms with Crippen LogP contribution >= 0.6 is 0 Å². The molecule has 0 saturated carbocycles. The van der Waals surface area contributed by atoms with Crippen molar-refractivity contribution < 1.29 is 4.74 Å². The minimum absolute atomic E-state index is 0.0608. The molecule has 2 aromatic rings. The summed E-state index contributed by atoms with van der Waals surface area (Å²) in [5.74, 6) is 0.925. The number of rotatable bonds is 4. The molecule has 2 unspecified atom stereocenters. The van der Waals surface area contributed by atoms with Crippen molar-refractivity contribution >= 4 is 10.8 Å². The Balaban J connectivity index is 1.56. The number of hydrazine groups is 1. The van der Waals surface area contributed by atoms with Crippen molar-refractivity contribution in [1.82, 2.24) is 10.9 Å². The summed E-state index contributed by atoms with van der Waals surface area (Å²) in [6.07, 6.45) is 1.96. The van der Waals surface area contributed by atoms with E-state index in [-0.39, 0.29) is 6.17 Å². The number of benzene rings is 2. The summed E-state index contributed by atoms with van der Waals surface area (Å²) in [6.45, 7) is 0.699. The molecule has 1 saturated heterocycles. The summed E-state index contributed by atoms with van der Waals surface area (Å²) in [6, 6.07) is 14.9. The van der Waals surface area contributed by atoms with Crippen LogP contribution in [-0.4, -0.2) is 18.8 Å². The molecule has 2 aromatic carbocycles. The zero-order valence-electron chi connectivity index (χ0n) is 10.8. The molecule has 4 nitrogen and oxygen atoms in total. The largest absolute Gasteiger partial charge is 0.494 e. The second kappa shape index (κ2) is 5.57. The Morgan fingerprint density at radius 3 is 2.74 bits per heavy atom. The highest BCUT2D eigenvalue weighted by molar-refractivity contribution is 5.83. The molecule has 1 aliphatic rings. The number of fused-ring (bicyclic) bond motifs is 1. The Hall–Kier alpha value is -1.62. The van der Waals surface area contributed by atoms with Gasteiger partial charge in [0.2, 0.25) is 0 Å². The summed E-state index contributed by atoms with van der Waals surface area (Å²) < 4.78 is 5.80. The van der Waals surface area contributed by atoms with Crippen LogP contribution in [0.1, 0.15) is 12.8 Å². The predicted molar refractivity (Wildman–Crippen MR) is 76.7 cm³/mol. The molecule has 2 atom stereocenters. The van der Waals surface area contributed by atoms with E-state index in [0.717, 1.165) is 18.6 Å². The van der Waals surface area contributed by atoms with Gasteiger partial charge in [-0.1, -0.05) is 30.3 Å². The highest BCUT2D eigenvalue weighted by atomic mass is 16.5. The summed E-state index contributed by atoms with van der Waals surface area (Å²) in [5, 5.41) is 2.45. The Morgan fingerprint density at radius 2 is 1.95 bits per heavy atom. The van der Waals surface area contributed by atoms with Gasteiger partial charge in [0.05, 0.1) is 12.8 Å². The lowest BCUT2D eigenvalue weighted by Crippen LogP contribution is -2.37. The fourth-order valence-corrected chi connectivity index (χ4v) is 2.42. The van der Waals surface area contributed by atoms with E-state index in [9.17, 15) is 0 Å². The van der Waals surface area contributed by atoms with E-state index in [1.54, 1.807) is 0 Å². The molecular weight excluding hydrogens is 238 g/mol. The third-order valence-electron chi connectivity index (χ3n) is 3.47. The van der Waals surface area contributed by atoms with Crippen LogP contribution in [0.5, 0.6) is 5.75 Å². The molecule has 0 spiro atoms. The SMILES string of the molecule is NC1CC(CCOc2ccc3ccccc3c2)NN1. The van der Waals surface area contributed by atoms with E-state index in [1.807, 2.05) is 18.2 Å². The Bertz CT molecular complexity index is 558. The molecule has 19 heavy (non-hydrogen) atoms. The number of nitrogens with one attached hydrogen (secondary N) is 2. The van der Waals surface area contributed by atoms with Gasteiger partial charge in [0, 0.05) is 6.04 Å². The molecule has 4 heteroatoms. The average molecular weight is 257 g/mol. The molecule has 3 rings (SSSR count). The van der Waals surface area contributed by atoms with Gasteiger partial charge in [0.25, 0.3) is 0 Å². The van der Waals surface area contributed by atoms with Gasteiger partial charge >= 0.3 is 0 Å². The van der Waals surface area contributed by atoms with E-state index in [0.29, 0.717) is 12.6 Å². The standard InChI is InChI=1S/C15H19N3O/c16-15-10-13(17-18-15)7-8-19-14-6-5-11-3-1-2-4-12(11)9-14/h1-6,9,13,15,17-18H,7-8,10,16H2. The van der Waals surface area contributed by atoms with Gasteiger partial charge < -0.3 is 10.5 Å². The van der Waals surface area contributed by atoms with Crippen LogP contribution in [0, 0.1) is 0 Å². The molecule has 0 amide bonds. The Labute approximate surface area is 112 Å². The second-order valence-electron chi connectivity index (χ2n) is 4.97. The lowest BCUT2D eigenvalue weighted by molar-refractivity contribution is 0.290. The average Bonchev–Trinajstić information content (AvgIpc) is 2.84. The fraction of sp³-hybridized carbons (Fsp3) is 0.333. The molecule has 0 aromatic heterocycles. The van der Waals surface area contributed by atoms with E-state index in [1.165, 1.54) is 10.8 Å². The molecule has 0 bridgehead atoms. The molecule has 1 fully saturated rings. The van der Waals surface area contributed by atoms with Gasteiger partial charge in [-0.2, -0.15) is 0 Å². The lowest BCUT2D eigenvalue weighted by Gasteiger charge is -2.11. The maximum absolute atomic E-state index is 5.80. The monoisotopic (exact) mass is 257 g/mol. The number of hydrogen-bond donors (Lipinski definition) is 3. The fourth-order valence-electron chi connectivity index (χ4n) is 2.42. The van der Waals surface area contributed by atoms with Crippen LogP contribution in [0.4, 0.5) is 0 Å². The van der Waals surface area contributed by atoms with E-state index >= 15 is 0 Å². The Kier molecular flexibility index (Phi) is 3.64. The van der Waals surface area contributed by atoms with E-state index in [2.05, 4.69) is 35.1 Å². The molecule has 100 valence electrons. The normalized spacial score (nSPS) is 22.8. The minimum Gasteiger partial charge on any atom is -0.494 e. The predicted octanol–water partition coefficient (Wildman–Crippen LogP) is 1.76. The van der Waals surface area contributed by atoms with Crippen LogP contribution < -0.4 is 21.3 Å². The molecule has 1 heterocycles. The zero-order valence-corrected chi connectivity index (χ0v) is 10.8. The quantitative estimate of drug-likeness (QED) is 0.781. The van der Waals surface area contributed by atoms with Gasteiger partial charge in [-0.05, 0) is 35.7 Å². The summed E-state index contributed by atoms with van der Waals surface area (Å²) in [4.78, 5) is 0. The van der Waals surface area contributed by atoms with Crippen LogP contribution in [0.15, 0.2) is 42.5 Å². The van der Waals surface area contributed by atoms with Crippen LogP contribution in [0.3, 0.4) is 0 Å². The van der Waals surface area contributed by atoms with Crippen LogP contribution in [-0.2, 0) is 0 Å². The van der Waals surface area contributed by atoms with Gasteiger partial charge in [0.1, 0.15) is 5.75 Å². The first-order valence-corrected chi connectivity index (χ1v) is 6.69. The highest BCUT2D eigenvalue weighted by Gasteiger charge is 2.19. The van der Waals surface area contributed by atoms with Crippen molar-refractivity contribution in [3.05, 3.63) is 42.5 Å². The van der Waals surface area contributed by atoms with Crippen molar-refractivity contribution in [2.75, 3.05) is 6.61 Å². The number of nitrogens with two attached hydrogens (primary N) is 1. The Morgan fingerprint density at radius 1 is 1.11 bits per heavy atom. The van der Waals surface area contributed by atoms with E-state index in [4.69, 9.17) is 10.5 Å². The minimum atomic E-state index is 0.0608. The number of hydrogen-bond acceptors (Lipinski definition) is 4. The third kappa shape index (κ3) is 3.04. The molecule has 0 radical (unpaired) electrons. The van der Waals surface area contributed by atoms with Gasteiger partial charge in [0.15, 0.2) is 0 Å². The van der Waals surface area contributed by atoms with Gasteiger partial charge in [-0.25, -0.2) is 5.43 Å². The van der Waals surface area contributed by atoms with Crippen molar-refractivity contribution in [2.45, 2.75) is 25.0 Å². The zero-order chi connectivity index (χ0) is 13.1. The maximum Gasteiger partial charge on any atom is 0.119 e. The first kappa shape index (κ1) is 12.4. The topological polar surface area (TPSA) is 59.3 Å². The van der Waals surface area contributed by atoms with Crippen LogP contribution in [0.25, 0.3) is 10.8 Å². The third-order valence-corrected chi connectivity index (χ3v) is 3.47. The van der Waals surface area contributed by atoms with Crippen molar-refractivity contribution in [1.29, 1.82) is 0 Å². The van der Waals surface area contributed by atoms with Crippen molar-refractivity contribution in [3.8, 4) is 5.75 Å². The van der Waals surface area contributed by atoms with Gasteiger partial charge in [-0.15, -0.1) is 0 Å². The highest BCUT2D eigenvalue weighted by Crippen LogP contribution is 2.20. The molecule has 1 aliphatic heterocycles. The van der Waals surface area contributed by atoms with E-state index < -0.39 is 0 Å². The smallest absolute Gasteiger partial charge is 0.119 e. The van der Waals surface area contributed by atoms with Crippen LogP contribution in [0.2, 0.25) is 0 Å². The maximum atomic E-state index is 5.80. The summed E-state index contributed by atoms with van der Waals surface area (Å²) >= 11 is 0. The molecular formula is C15H19N3O. The first-order chi connectivity index (χ1) is 9.31. The summed E-state index contributed by atoms with van der Waals surface area (Å²) in [7, 11) is 0. The lowest BCUT2D eigenvalue weighted by atomic mass is 10.1. The second-order valence-corrected chi connectivity index (χ2v) is 4.97. The number of ether oxygens (including phenoxy) is 1. The molecule has 0 aliphatic carbocycles. The van der Waals surface area contributed by atoms with Crippen molar-refractivity contribution in [3.63, 3.8) is 0 Å². The first-order valence-electron chi connectivity index (χ1n) is 6.69. The van der Waals surface area contributed by atoms with Crippen molar-refractivity contribution in [2.24, 2.45) is 5.73 Å². The summed E-state index contributed by atoms with van der Waals surface area (Å²) in [5.41, 5.74) is 11.9. The van der Waals surface area contributed by atoms with Gasteiger partial charge in [-0.3, -0.25) is 5.43 Å². The molecule has 4 N–H and O–H groups in total.